The van der Waals surface area contributed by atoms with Crippen LogP contribution in [0.4, 0.5) is 0 Å². The Morgan fingerprint density at radius 2 is 1.59 bits per heavy atom. The average Bonchev–Trinajstić information content (AvgIpc) is 2.33. The summed E-state index contributed by atoms with van der Waals surface area (Å²) in [6, 6.07) is 0.186. The lowest BCUT2D eigenvalue weighted by Gasteiger charge is -2.30. The van der Waals surface area contributed by atoms with Gasteiger partial charge in [-0.05, 0) is 57.5 Å². The maximum Gasteiger partial charge on any atom is 0.214 e. The van der Waals surface area contributed by atoms with Gasteiger partial charge in [-0.1, -0.05) is 6.92 Å². The predicted molar refractivity (Wildman–Crippen MR) is 69.4 cm³/mol. The second-order valence-corrected chi connectivity index (χ2v) is 7.56. The molecule has 5 heteroatoms. The highest BCUT2D eigenvalue weighted by atomic mass is 32.2. The molecule has 1 aliphatic heterocycles. The van der Waals surface area contributed by atoms with Crippen LogP contribution in [0.25, 0.3) is 0 Å². The zero-order chi connectivity index (χ0) is 12.3. The van der Waals surface area contributed by atoms with Gasteiger partial charge in [0.1, 0.15) is 0 Å². The van der Waals surface area contributed by atoms with Crippen molar-refractivity contribution in [3.8, 4) is 0 Å². The molecule has 1 saturated carbocycles. The third-order valence-electron chi connectivity index (χ3n) is 4.07. The standard InChI is InChI=1S/C12H24N2O2S/c1-10-2-4-11(5-3-10)14-17(15,16)12-6-8-13-9-7-12/h10-14H,2-9H2,1H3. The van der Waals surface area contributed by atoms with Crippen molar-refractivity contribution in [3.05, 3.63) is 0 Å². The van der Waals surface area contributed by atoms with Crippen molar-refractivity contribution in [3.63, 3.8) is 0 Å². The van der Waals surface area contributed by atoms with Gasteiger partial charge in [-0.25, -0.2) is 13.1 Å². The number of sulfonamides is 1. The molecule has 0 bridgehead atoms. The molecule has 2 fully saturated rings. The van der Waals surface area contributed by atoms with Crippen LogP contribution < -0.4 is 10.0 Å². The summed E-state index contributed by atoms with van der Waals surface area (Å²) < 4.78 is 27.3. The van der Waals surface area contributed by atoms with Crippen LogP contribution in [-0.2, 0) is 10.0 Å². The summed E-state index contributed by atoms with van der Waals surface area (Å²) in [5, 5.41) is 3.03. The van der Waals surface area contributed by atoms with Gasteiger partial charge in [0, 0.05) is 6.04 Å². The van der Waals surface area contributed by atoms with Crippen molar-refractivity contribution in [1.29, 1.82) is 0 Å². The maximum absolute atomic E-state index is 12.2. The summed E-state index contributed by atoms with van der Waals surface area (Å²) in [6.45, 7) is 3.90. The monoisotopic (exact) mass is 260 g/mol. The van der Waals surface area contributed by atoms with Crippen LogP contribution in [-0.4, -0.2) is 32.8 Å². The number of hydrogen-bond donors (Lipinski definition) is 2. The normalized spacial score (nSPS) is 32.5. The van der Waals surface area contributed by atoms with Gasteiger partial charge in [0.15, 0.2) is 0 Å². The Morgan fingerprint density at radius 3 is 2.18 bits per heavy atom. The van der Waals surface area contributed by atoms with Gasteiger partial charge in [-0.2, -0.15) is 0 Å². The maximum atomic E-state index is 12.2. The van der Waals surface area contributed by atoms with Crippen LogP contribution in [0.3, 0.4) is 0 Å². The molecule has 0 aromatic heterocycles. The first-order valence-corrected chi connectivity index (χ1v) is 8.34. The van der Waals surface area contributed by atoms with Crippen molar-refractivity contribution in [2.75, 3.05) is 13.1 Å². The van der Waals surface area contributed by atoms with E-state index in [9.17, 15) is 8.42 Å². The van der Waals surface area contributed by atoms with Gasteiger partial charge < -0.3 is 5.32 Å². The first-order valence-electron chi connectivity index (χ1n) is 6.80. The number of piperidine rings is 1. The smallest absolute Gasteiger partial charge is 0.214 e. The van der Waals surface area contributed by atoms with Crippen LogP contribution in [0.5, 0.6) is 0 Å². The lowest BCUT2D eigenvalue weighted by molar-refractivity contribution is 0.330. The SMILES string of the molecule is CC1CCC(NS(=O)(=O)C2CCNCC2)CC1. The van der Waals surface area contributed by atoms with Gasteiger partial charge in [0.05, 0.1) is 5.25 Å². The molecule has 17 heavy (non-hydrogen) atoms. The first kappa shape index (κ1) is 13.3. The van der Waals surface area contributed by atoms with Gasteiger partial charge in [0.2, 0.25) is 10.0 Å². The van der Waals surface area contributed by atoms with Crippen molar-refractivity contribution in [2.24, 2.45) is 5.92 Å². The zero-order valence-electron chi connectivity index (χ0n) is 10.6. The van der Waals surface area contributed by atoms with Crippen LogP contribution >= 0.6 is 0 Å². The Morgan fingerprint density at radius 1 is 1.00 bits per heavy atom. The molecule has 1 heterocycles. The Hall–Kier alpha value is -0.130. The lowest BCUT2D eigenvalue weighted by atomic mass is 9.88. The Labute approximate surface area is 105 Å². The lowest BCUT2D eigenvalue weighted by Crippen LogP contribution is -2.46. The molecule has 0 atom stereocenters. The fraction of sp³-hybridized carbons (Fsp3) is 1.00. The quantitative estimate of drug-likeness (QED) is 0.802. The number of rotatable bonds is 3. The highest BCUT2D eigenvalue weighted by Gasteiger charge is 2.30. The molecule has 4 nitrogen and oxygen atoms in total. The average molecular weight is 260 g/mol. The highest BCUT2D eigenvalue weighted by molar-refractivity contribution is 7.90. The summed E-state index contributed by atoms with van der Waals surface area (Å²) in [6.07, 6.45) is 5.81. The Balaban J connectivity index is 1.88. The molecule has 1 saturated heterocycles. The van der Waals surface area contributed by atoms with E-state index >= 15 is 0 Å². The third-order valence-corrected chi connectivity index (χ3v) is 6.08. The first-order chi connectivity index (χ1) is 8.08. The topological polar surface area (TPSA) is 58.2 Å². The van der Waals surface area contributed by atoms with Crippen LogP contribution in [0, 0.1) is 5.92 Å². The van der Waals surface area contributed by atoms with Gasteiger partial charge >= 0.3 is 0 Å². The molecule has 1 aliphatic carbocycles. The van der Waals surface area contributed by atoms with E-state index in [1.165, 1.54) is 0 Å². The molecule has 0 spiro atoms. The van der Waals surface area contributed by atoms with Crippen molar-refractivity contribution >= 4 is 10.0 Å². The van der Waals surface area contributed by atoms with Gasteiger partial charge in [-0.3, -0.25) is 0 Å². The van der Waals surface area contributed by atoms with Crippen molar-refractivity contribution < 1.29 is 8.42 Å². The fourth-order valence-corrected chi connectivity index (χ4v) is 4.56. The summed E-state index contributed by atoms with van der Waals surface area (Å²) in [5.41, 5.74) is 0. The van der Waals surface area contributed by atoms with E-state index in [1.807, 2.05) is 0 Å². The van der Waals surface area contributed by atoms with Crippen molar-refractivity contribution in [2.45, 2.75) is 56.7 Å². The zero-order valence-corrected chi connectivity index (χ0v) is 11.4. The van der Waals surface area contributed by atoms with E-state index in [-0.39, 0.29) is 11.3 Å². The molecule has 0 aromatic rings. The van der Waals surface area contributed by atoms with E-state index in [0.29, 0.717) is 0 Å². The predicted octanol–water partition coefficient (Wildman–Crippen LogP) is 1.24. The molecule has 100 valence electrons. The molecule has 2 aliphatic rings. The molecule has 0 amide bonds. The molecule has 2 rings (SSSR count). The van der Waals surface area contributed by atoms with Gasteiger partial charge in [0.25, 0.3) is 0 Å². The van der Waals surface area contributed by atoms with E-state index < -0.39 is 10.0 Å². The number of nitrogens with one attached hydrogen (secondary N) is 2. The Bertz CT molecular complexity index is 328. The van der Waals surface area contributed by atoms with E-state index in [4.69, 9.17) is 0 Å². The van der Waals surface area contributed by atoms with Crippen LogP contribution in [0.15, 0.2) is 0 Å². The molecule has 0 radical (unpaired) electrons. The minimum Gasteiger partial charge on any atom is -0.317 e. The van der Waals surface area contributed by atoms with Crippen molar-refractivity contribution in [1.82, 2.24) is 10.0 Å². The van der Waals surface area contributed by atoms with E-state index in [2.05, 4.69) is 17.0 Å². The largest absolute Gasteiger partial charge is 0.317 e. The summed E-state index contributed by atoms with van der Waals surface area (Å²) in [5.74, 6) is 0.759. The second-order valence-electron chi connectivity index (χ2n) is 5.57. The summed E-state index contributed by atoms with van der Waals surface area (Å²) in [7, 11) is -3.09. The second kappa shape index (κ2) is 5.67. The molecule has 2 N–H and O–H groups in total. The van der Waals surface area contributed by atoms with E-state index in [0.717, 1.165) is 57.5 Å². The summed E-state index contributed by atoms with van der Waals surface area (Å²) in [4.78, 5) is 0. The minimum atomic E-state index is -3.09. The minimum absolute atomic E-state index is 0.178. The highest BCUT2D eigenvalue weighted by Crippen LogP contribution is 2.24. The molecule has 0 aromatic carbocycles. The third kappa shape index (κ3) is 3.66. The van der Waals surface area contributed by atoms with E-state index in [1.54, 1.807) is 0 Å². The van der Waals surface area contributed by atoms with Crippen LogP contribution in [0.2, 0.25) is 0 Å². The molecular formula is C12H24N2O2S. The van der Waals surface area contributed by atoms with Gasteiger partial charge in [-0.15, -0.1) is 0 Å². The fourth-order valence-electron chi connectivity index (χ4n) is 2.81. The number of hydrogen-bond acceptors (Lipinski definition) is 3. The van der Waals surface area contributed by atoms with Crippen LogP contribution in [0.1, 0.15) is 45.4 Å². The Kier molecular flexibility index (Phi) is 4.44. The summed E-state index contributed by atoms with van der Waals surface area (Å²) >= 11 is 0. The molecule has 0 unspecified atom stereocenters. The molecular weight excluding hydrogens is 236 g/mol.